The maximum Gasteiger partial charge on any atom is 0.227 e. The van der Waals surface area contributed by atoms with E-state index in [1.54, 1.807) is 0 Å². The molecule has 1 aliphatic carbocycles. The normalized spacial score (nSPS) is 25.9. The van der Waals surface area contributed by atoms with Crippen molar-refractivity contribution in [2.75, 3.05) is 23.3 Å². The van der Waals surface area contributed by atoms with Crippen LogP contribution in [0.5, 0.6) is 0 Å². The fourth-order valence-corrected chi connectivity index (χ4v) is 3.23. The van der Waals surface area contributed by atoms with E-state index < -0.39 is 0 Å². The Morgan fingerprint density at radius 3 is 2.45 bits per heavy atom. The quantitative estimate of drug-likeness (QED) is 0.889. The lowest BCUT2D eigenvalue weighted by molar-refractivity contribution is -0.119. The number of carbonyl (C=O) groups is 1. The number of nitrogens with one attached hydrogen (secondary N) is 1. The molecule has 1 aromatic rings. The number of hydrogen-bond donors (Lipinski definition) is 2. The zero-order valence-corrected chi connectivity index (χ0v) is 11.8. The standard InChI is InChI=1S/C16H23N3O/c17-13-4-3-12(11-13)16(20)18-14-5-7-15(8-6-14)19-9-1-2-10-19/h5-8,12-13H,1-4,9-11,17H2,(H,18,20). The fourth-order valence-electron chi connectivity index (χ4n) is 3.23. The molecule has 2 aliphatic rings. The molecule has 2 atom stereocenters. The van der Waals surface area contributed by atoms with E-state index >= 15 is 0 Å². The Kier molecular flexibility index (Phi) is 3.92. The molecule has 4 nitrogen and oxygen atoms in total. The van der Waals surface area contributed by atoms with Crippen molar-refractivity contribution in [3.63, 3.8) is 0 Å². The summed E-state index contributed by atoms with van der Waals surface area (Å²) in [5.41, 5.74) is 8.00. The molecule has 1 saturated carbocycles. The second kappa shape index (κ2) is 5.83. The SMILES string of the molecule is NC1CCC(C(=O)Nc2ccc(N3CCCC3)cc2)C1. The largest absolute Gasteiger partial charge is 0.372 e. The molecule has 1 aliphatic heterocycles. The smallest absolute Gasteiger partial charge is 0.227 e. The molecule has 0 bridgehead atoms. The zero-order valence-electron chi connectivity index (χ0n) is 11.8. The summed E-state index contributed by atoms with van der Waals surface area (Å²) in [4.78, 5) is 14.5. The second-order valence-electron chi connectivity index (χ2n) is 6.00. The highest BCUT2D eigenvalue weighted by Gasteiger charge is 2.27. The van der Waals surface area contributed by atoms with Gasteiger partial charge in [-0.3, -0.25) is 4.79 Å². The Morgan fingerprint density at radius 2 is 1.85 bits per heavy atom. The van der Waals surface area contributed by atoms with E-state index in [0.717, 1.165) is 38.0 Å². The van der Waals surface area contributed by atoms with E-state index in [9.17, 15) is 4.79 Å². The summed E-state index contributed by atoms with van der Waals surface area (Å²) >= 11 is 0. The van der Waals surface area contributed by atoms with Crippen molar-refractivity contribution in [3.8, 4) is 0 Å². The van der Waals surface area contributed by atoms with Crippen molar-refractivity contribution >= 4 is 17.3 Å². The first-order valence-electron chi connectivity index (χ1n) is 7.64. The topological polar surface area (TPSA) is 58.4 Å². The van der Waals surface area contributed by atoms with Crippen LogP contribution in [0.1, 0.15) is 32.1 Å². The molecule has 4 heteroatoms. The van der Waals surface area contributed by atoms with Crippen LogP contribution in [0.15, 0.2) is 24.3 Å². The van der Waals surface area contributed by atoms with Crippen molar-refractivity contribution < 1.29 is 4.79 Å². The maximum absolute atomic E-state index is 12.1. The van der Waals surface area contributed by atoms with Crippen molar-refractivity contribution in [1.29, 1.82) is 0 Å². The van der Waals surface area contributed by atoms with E-state index in [1.807, 2.05) is 12.1 Å². The zero-order chi connectivity index (χ0) is 13.9. The van der Waals surface area contributed by atoms with Gasteiger partial charge in [0.1, 0.15) is 0 Å². The van der Waals surface area contributed by atoms with Crippen LogP contribution >= 0.6 is 0 Å². The molecule has 108 valence electrons. The Balaban J connectivity index is 1.58. The Hall–Kier alpha value is -1.55. The van der Waals surface area contributed by atoms with E-state index in [1.165, 1.54) is 18.5 Å². The molecule has 0 radical (unpaired) electrons. The molecular weight excluding hydrogens is 250 g/mol. The lowest BCUT2D eigenvalue weighted by Gasteiger charge is -2.18. The molecule has 2 unspecified atom stereocenters. The first kappa shape index (κ1) is 13.4. The van der Waals surface area contributed by atoms with Gasteiger partial charge in [-0.25, -0.2) is 0 Å². The van der Waals surface area contributed by atoms with Gasteiger partial charge in [-0.05, 0) is 56.4 Å². The number of anilines is 2. The maximum atomic E-state index is 12.1. The first-order valence-corrected chi connectivity index (χ1v) is 7.64. The summed E-state index contributed by atoms with van der Waals surface area (Å²) in [7, 11) is 0. The molecule has 1 amide bonds. The lowest BCUT2D eigenvalue weighted by atomic mass is 10.1. The minimum absolute atomic E-state index is 0.0864. The fraction of sp³-hybridized carbons (Fsp3) is 0.562. The van der Waals surface area contributed by atoms with Crippen molar-refractivity contribution in [1.82, 2.24) is 0 Å². The van der Waals surface area contributed by atoms with Gasteiger partial charge in [-0.1, -0.05) is 0 Å². The molecule has 1 aromatic carbocycles. The van der Waals surface area contributed by atoms with Crippen molar-refractivity contribution in [3.05, 3.63) is 24.3 Å². The van der Waals surface area contributed by atoms with Crippen LogP contribution in [-0.4, -0.2) is 25.0 Å². The van der Waals surface area contributed by atoms with Gasteiger partial charge in [-0.2, -0.15) is 0 Å². The molecule has 0 aromatic heterocycles. The Bertz CT molecular complexity index is 465. The van der Waals surface area contributed by atoms with E-state index in [0.29, 0.717) is 0 Å². The first-order chi connectivity index (χ1) is 9.72. The van der Waals surface area contributed by atoms with Gasteiger partial charge in [0, 0.05) is 36.4 Å². The van der Waals surface area contributed by atoms with E-state index in [4.69, 9.17) is 5.73 Å². The number of nitrogens with zero attached hydrogens (tertiary/aromatic N) is 1. The third-order valence-electron chi connectivity index (χ3n) is 4.45. The van der Waals surface area contributed by atoms with Crippen molar-refractivity contribution in [2.45, 2.75) is 38.1 Å². The highest BCUT2D eigenvalue weighted by molar-refractivity contribution is 5.92. The number of rotatable bonds is 3. The number of amides is 1. The molecule has 20 heavy (non-hydrogen) atoms. The van der Waals surface area contributed by atoms with Crippen LogP contribution in [0.3, 0.4) is 0 Å². The molecule has 0 spiro atoms. The predicted molar refractivity (Wildman–Crippen MR) is 81.8 cm³/mol. The van der Waals surface area contributed by atoms with Crippen LogP contribution < -0.4 is 16.0 Å². The third kappa shape index (κ3) is 2.96. The number of benzene rings is 1. The highest BCUT2D eigenvalue weighted by atomic mass is 16.1. The minimum Gasteiger partial charge on any atom is -0.372 e. The minimum atomic E-state index is 0.0864. The second-order valence-corrected chi connectivity index (χ2v) is 6.00. The molecule has 1 heterocycles. The Morgan fingerprint density at radius 1 is 1.15 bits per heavy atom. The summed E-state index contributed by atoms with van der Waals surface area (Å²) in [5.74, 6) is 0.204. The number of carbonyl (C=O) groups excluding carboxylic acids is 1. The number of nitrogens with two attached hydrogens (primary N) is 1. The van der Waals surface area contributed by atoms with Crippen LogP contribution in [-0.2, 0) is 4.79 Å². The summed E-state index contributed by atoms with van der Waals surface area (Å²) in [5, 5.41) is 3.01. The molecule has 3 N–H and O–H groups in total. The molecule has 1 saturated heterocycles. The summed E-state index contributed by atoms with van der Waals surface area (Å²) < 4.78 is 0. The van der Waals surface area contributed by atoms with Crippen LogP contribution in [0.25, 0.3) is 0 Å². The van der Waals surface area contributed by atoms with Gasteiger partial charge in [0.15, 0.2) is 0 Å². The molecule has 3 rings (SSSR count). The number of hydrogen-bond acceptors (Lipinski definition) is 3. The average molecular weight is 273 g/mol. The molecule has 2 fully saturated rings. The Labute approximate surface area is 120 Å². The van der Waals surface area contributed by atoms with Gasteiger partial charge in [-0.15, -0.1) is 0 Å². The lowest BCUT2D eigenvalue weighted by Crippen LogP contribution is -2.23. The highest BCUT2D eigenvalue weighted by Crippen LogP contribution is 2.26. The van der Waals surface area contributed by atoms with Gasteiger partial charge >= 0.3 is 0 Å². The van der Waals surface area contributed by atoms with E-state index in [2.05, 4.69) is 22.3 Å². The van der Waals surface area contributed by atoms with Gasteiger partial charge < -0.3 is 16.0 Å². The van der Waals surface area contributed by atoms with Crippen LogP contribution in [0.2, 0.25) is 0 Å². The predicted octanol–water partition coefficient (Wildman–Crippen LogP) is 2.35. The van der Waals surface area contributed by atoms with Crippen LogP contribution in [0, 0.1) is 5.92 Å². The van der Waals surface area contributed by atoms with Gasteiger partial charge in [0.2, 0.25) is 5.91 Å². The monoisotopic (exact) mass is 273 g/mol. The van der Waals surface area contributed by atoms with Gasteiger partial charge in [0.25, 0.3) is 0 Å². The summed E-state index contributed by atoms with van der Waals surface area (Å²) in [6.07, 6.45) is 5.25. The summed E-state index contributed by atoms with van der Waals surface area (Å²) in [6.45, 7) is 2.29. The van der Waals surface area contributed by atoms with Crippen LogP contribution in [0.4, 0.5) is 11.4 Å². The average Bonchev–Trinajstić information content (AvgIpc) is 3.10. The van der Waals surface area contributed by atoms with Crippen molar-refractivity contribution in [2.24, 2.45) is 11.7 Å². The van der Waals surface area contributed by atoms with Gasteiger partial charge in [0.05, 0.1) is 0 Å². The third-order valence-corrected chi connectivity index (χ3v) is 4.45. The molecular formula is C16H23N3O. The summed E-state index contributed by atoms with van der Waals surface area (Å²) in [6, 6.07) is 8.40. The van der Waals surface area contributed by atoms with E-state index in [-0.39, 0.29) is 17.9 Å².